The molecule has 3 aromatic heterocycles. The fourth-order valence-electron chi connectivity index (χ4n) is 2.98. The Labute approximate surface area is 155 Å². The van der Waals surface area contributed by atoms with E-state index in [1.165, 1.54) is 6.42 Å². The van der Waals surface area contributed by atoms with Gasteiger partial charge in [0.25, 0.3) is 0 Å². The Bertz CT molecular complexity index is 1060. The Kier molecular flexibility index (Phi) is 4.65. The number of anilines is 1. The molecule has 0 bridgehead atoms. The first-order valence-electron chi connectivity index (χ1n) is 8.90. The number of fused-ring (bicyclic) bond motifs is 3. The molecule has 1 amide bonds. The van der Waals surface area contributed by atoms with Crippen molar-refractivity contribution in [1.29, 1.82) is 0 Å². The molecule has 4 heterocycles. The minimum atomic E-state index is 0.225. The summed E-state index contributed by atoms with van der Waals surface area (Å²) in [6.45, 7) is 0.888. The number of aromatic amines is 1. The van der Waals surface area contributed by atoms with Crippen LogP contribution < -0.4 is 11.1 Å². The minimum absolute atomic E-state index is 0.225. The van der Waals surface area contributed by atoms with E-state index in [0.717, 1.165) is 42.4 Å². The van der Waals surface area contributed by atoms with Crippen LogP contribution in [0.4, 0.5) is 5.95 Å². The molecule has 9 nitrogen and oxygen atoms in total. The number of nitrogens with two attached hydrogens (primary N) is 1. The maximum atomic E-state index is 10.6. The first kappa shape index (κ1) is 17.0. The number of H-pyrrole nitrogens is 1. The number of benzene rings is 1. The van der Waals surface area contributed by atoms with Crippen molar-refractivity contribution in [2.45, 2.75) is 25.7 Å². The molecule has 9 heteroatoms. The van der Waals surface area contributed by atoms with Gasteiger partial charge in [-0.15, -0.1) is 5.10 Å². The number of rotatable bonds is 1. The van der Waals surface area contributed by atoms with Crippen molar-refractivity contribution in [3.05, 3.63) is 36.5 Å². The van der Waals surface area contributed by atoms with Crippen LogP contribution in [0.1, 0.15) is 25.7 Å². The van der Waals surface area contributed by atoms with Gasteiger partial charge in [-0.2, -0.15) is 9.61 Å². The number of carbonyl (C=O) groups excluding carboxylic acids is 1. The molecule has 4 N–H and O–H groups in total. The highest BCUT2D eigenvalue weighted by atomic mass is 16.1. The van der Waals surface area contributed by atoms with Gasteiger partial charge in [-0.3, -0.25) is 9.89 Å². The van der Waals surface area contributed by atoms with Crippen LogP contribution in [-0.4, -0.2) is 42.2 Å². The first-order chi connectivity index (χ1) is 13.2. The fraction of sp³-hybridized carbons (Fsp3) is 0.278. The Balaban J connectivity index is 0.000000190. The van der Waals surface area contributed by atoms with Crippen LogP contribution in [0.3, 0.4) is 0 Å². The summed E-state index contributed by atoms with van der Waals surface area (Å²) >= 11 is 0. The Morgan fingerprint density at radius 1 is 1.07 bits per heavy atom. The van der Waals surface area contributed by atoms with Crippen LogP contribution in [0.25, 0.3) is 28.1 Å². The summed E-state index contributed by atoms with van der Waals surface area (Å²) < 4.78 is 1.54. The Morgan fingerprint density at radius 3 is 2.81 bits per heavy atom. The number of hydrogen-bond donors (Lipinski definition) is 3. The van der Waals surface area contributed by atoms with E-state index in [9.17, 15) is 4.79 Å². The van der Waals surface area contributed by atoms with Gasteiger partial charge >= 0.3 is 0 Å². The zero-order chi connectivity index (χ0) is 18.6. The van der Waals surface area contributed by atoms with Gasteiger partial charge < -0.3 is 11.1 Å². The number of nitrogens with zero attached hydrogens (tertiary/aromatic N) is 5. The third kappa shape index (κ3) is 3.57. The zero-order valence-corrected chi connectivity index (χ0v) is 14.7. The third-order valence-electron chi connectivity index (χ3n) is 4.35. The van der Waals surface area contributed by atoms with Gasteiger partial charge in [0, 0.05) is 24.5 Å². The predicted molar refractivity (Wildman–Crippen MR) is 102 cm³/mol. The molecule has 0 aliphatic carbocycles. The van der Waals surface area contributed by atoms with Gasteiger partial charge in [0.1, 0.15) is 5.69 Å². The van der Waals surface area contributed by atoms with Crippen molar-refractivity contribution in [2.24, 2.45) is 0 Å². The number of para-hydroxylation sites is 1. The number of nitrogen functional groups attached to an aromatic ring is 1. The number of aromatic nitrogens is 6. The summed E-state index contributed by atoms with van der Waals surface area (Å²) in [4.78, 5) is 19.4. The van der Waals surface area contributed by atoms with E-state index in [-0.39, 0.29) is 5.91 Å². The maximum Gasteiger partial charge on any atom is 0.223 e. The minimum Gasteiger partial charge on any atom is -0.368 e. The highest BCUT2D eigenvalue weighted by Gasteiger charge is 2.13. The monoisotopic (exact) mass is 364 g/mol. The van der Waals surface area contributed by atoms with E-state index in [4.69, 9.17) is 5.73 Å². The second-order valence-electron chi connectivity index (χ2n) is 6.29. The molecule has 1 aromatic carbocycles. The lowest BCUT2D eigenvalue weighted by Gasteiger charge is -2.00. The largest absolute Gasteiger partial charge is 0.368 e. The van der Waals surface area contributed by atoms with E-state index in [1.807, 2.05) is 24.3 Å². The van der Waals surface area contributed by atoms with Gasteiger partial charge in [-0.05, 0) is 31.0 Å². The lowest BCUT2D eigenvalue weighted by Crippen LogP contribution is -2.21. The van der Waals surface area contributed by atoms with Gasteiger partial charge in [0.2, 0.25) is 11.9 Å². The molecule has 0 atom stereocenters. The van der Waals surface area contributed by atoms with Crippen molar-refractivity contribution < 1.29 is 4.79 Å². The summed E-state index contributed by atoms with van der Waals surface area (Å²) in [5.41, 5.74) is 8.14. The average molecular weight is 364 g/mol. The lowest BCUT2D eigenvalue weighted by molar-refractivity contribution is -0.120. The topological polar surface area (TPSA) is 127 Å². The maximum absolute atomic E-state index is 10.6. The highest BCUT2D eigenvalue weighted by Crippen LogP contribution is 2.21. The molecule has 1 aliphatic heterocycles. The van der Waals surface area contributed by atoms with E-state index in [0.29, 0.717) is 17.4 Å². The molecule has 0 radical (unpaired) electrons. The molecule has 4 aromatic rings. The van der Waals surface area contributed by atoms with E-state index in [2.05, 4.69) is 30.6 Å². The number of hydrogen-bond acceptors (Lipinski definition) is 6. The van der Waals surface area contributed by atoms with Crippen LogP contribution in [0.5, 0.6) is 0 Å². The van der Waals surface area contributed by atoms with Crippen molar-refractivity contribution >= 4 is 28.4 Å². The van der Waals surface area contributed by atoms with E-state index < -0.39 is 0 Å². The standard InChI is InChI=1S/C12H9N7.C6H11NO/c13-12-15-8-4-2-1-3-7(8)11-16-10(18-19(11)12)9-5-6-14-17-9;8-6-4-2-1-3-5-7-6/h1-6H,(H2,13,15)(H,14,17);1-5H2,(H,7,8). The van der Waals surface area contributed by atoms with Crippen LogP contribution in [0, 0.1) is 0 Å². The molecule has 1 fully saturated rings. The zero-order valence-electron chi connectivity index (χ0n) is 14.7. The van der Waals surface area contributed by atoms with E-state index >= 15 is 0 Å². The summed E-state index contributed by atoms with van der Waals surface area (Å²) in [5.74, 6) is 1.08. The van der Waals surface area contributed by atoms with Crippen molar-refractivity contribution in [3.8, 4) is 11.5 Å². The van der Waals surface area contributed by atoms with Crippen molar-refractivity contribution in [1.82, 2.24) is 35.1 Å². The van der Waals surface area contributed by atoms with Crippen LogP contribution >= 0.6 is 0 Å². The molecule has 138 valence electrons. The second kappa shape index (κ2) is 7.40. The molecule has 1 saturated heterocycles. The third-order valence-corrected chi connectivity index (χ3v) is 4.35. The van der Waals surface area contributed by atoms with Crippen LogP contribution in [-0.2, 0) is 4.79 Å². The molecule has 5 rings (SSSR count). The van der Waals surface area contributed by atoms with Crippen molar-refractivity contribution in [2.75, 3.05) is 12.3 Å². The number of nitrogens with one attached hydrogen (secondary N) is 2. The Hall–Kier alpha value is -3.49. The summed E-state index contributed by atoms with van der Waals surface area (Å²) in [6.07, 6.45) is 5.83. The second-order valence-corrected chi connectivity index (χ2v) is 6.29. The SMILES string of the molecule is Nc1nc2ccccc2c2nc(-c3ccn[nH]3)nn12.O=C1CCCCCN1. The Morgan fingerprint density at radius 2 is 1.96 bits per heavy atom. The lowest BCUT2D eigenvalue weighted by atomic mass is 10.2. The average Bonchev–Trinajstić information content (AvgIpc) is 3.30. The molecule has 0 saturated carbocycles. The fourth-order valence-corrected chi connectivity index (χ4v) is 2.98. The first-order valence-corrected chi connectivity index (χ1v) is 8.90. The normalized spacial score (nSPS) is 14.4. The quantitative estimate of drug-likeness (QED) is 0.473. The molecular formula is C18H20N8O. The molecule has 27 heavy (non-hydrogen) atoms. The van der Waals surface area contributed by atoms with Crippen LogP contribution in [0.15, 0.2) is 36.5 Å². The molecule has 0 spiro atoms. The number of carbonyl (C=O) groups is 1. The van der Waals surface area contributed by atoms with Crippen LogP contribution in [0.2, 0.25) is 0 Å². The molecule has 0 unspecified atom stereocenters. The highest BCUT2D eigenvalue weighted by molar-refractivity contribution is 5.92. The summed E-state index contributed by atoms with van der Waals surface area (Å²) in [5, 5.41) is 14.8. The van der Waals surface area contributed by atoms with E-state index in [1.54, 1.807) is 16.8 Å². The van der Waals surface area contributed by atoms with Crippen molar-refractivity contribution in [3.63, 3.8) is 0 Å². The number of amides is 1. The summed E-state index contributed by atoms with van der Waals surface area (Å²) in [6, 6.07) is 9.50. The smallest absolute Gasteiger partial charge is 0.223 e. The summed E-state index contributed by atoms with van der Waals surface area (Å²) in [7, 11) is 0. The van der Waals surface area contributed by atoms with Gasteiger partial charge in [0.05, 0.1) is 5.52 Å². The van der Waals surface area contributed by atoms with Gasteiger partial charge in [0.15, 0.2) is 11.5 Å². The van der Waals surface area contributed by atoms with Gasteiger partial charge in [-0.1, -0.05) is 18.6 Å². The molecule has 1 aliphatic rings. The molecular weight excluding hydrogens is 344 g/mol. The van der Waals surface area contributed by atoms with Gasteiger partial charge in [-0.25, -0.2) is 9.97 Å². The predicted octanol–water partition coefficient (Wildman–Crippen LogP) is 1.93.